The number of carbonyl (C=O) groups is 3. The van der Waals surface area contributed by atoms with E-state index in [2.05, 4.69) is 15.4 Å². The lowest BCUT2D eigenvalue weighted by atomic mass is 10.1. The van der Waals surface area contributed by atoms with Crippen molar-refractivity contribution in [3.05, 3.63) is 35.9 Å². The molecule has 0 aliphatic carbocycles. The molecule has 30 heavy (non-hydrogen) atoms. The third-order valence-electron chi connectivity index (χ3n) is 4.12. The van der Waals surface area contributed by atoms with Gasteiger partial charge in [0, 0.05) is 17.5 Å². The van der Waals surface area contributed by atoms with Crippen LogP contribution in [0.2, 0.25) is 0 Å². The van der Waals surface area contributed by atoms with E-state index in [0.29, 0.717) is 5.75 Å². The van der Waals surface area contributed by atoms with Crippen LogP contribution in [0.4, 0.5) is 0 Å². The van der Waals surface area contributed by atoms with E-state index in [1.807, 2.05) is 45.0 Å². The molecule has 0 saturated carbocycles. The van der Waals surface area contributed by atoms with E-state index in [4.69, 9.17) is 9.47 Å². The molecule has 0 aromatic heterocycles. The van der Waals surface area contributed by atoms with Gasteiger partial charge in [-0.15, -0.1) is 0 Å². The maximum Gasteiger partial charge on any atom is 0.322 e. The maximum absolute atomic E-state index is 12.9. The quantitative estimate of drug-likeness (QED) is 0.559. The average molecular weight is 421 g/mol. The summed E-state index contributed by atoms with van der Waals surface area (Å²) in [5.41, 5.74) is 0.307. The van der Waals surface area contributed by atoms with Crippen molar-refractivity contribution in [2.75, 3.05) is 21.3 Å². The first-order valence-electron chi connectivity index (χ1n) is 9.65. The minimum absolute atomic E-state index is 0.00704. The highest BCUT2D eigenvalue weighted by molar-refractivity contribution is 5.87. The number of ether oxygens (including phenoxy) is 3. The highest BCUT2D eigenvalue weighted by Gasteiger charge is 2.28. The Balaban J connectivity index is 3.13. The number of methoxy groups -OCH3 is 3. The molecule has 0 unspecified atom stereocenters. The molecule has 0 radical (unpaired) electrons. The molecule has 0 heterocycles. The standard InChI is InChI=1S/C22H32N2O6/c1-22(2,3)24-20(26)16(12-11-15-9-7-8-10-18(15)28-4)23-17(21(27)30-6)13-14-19(25)29-5/h7-12,16-17,23H,13-14H2,1-6H3,(H,24,26)/b12-11+/t16-,17-/m0/s1. The van der Waals surface area contributed by atoms with Gasteiger partial charge in [0.2, 0.25) is 5.91 Å². The van der Waals surface area contributed by atoms with Crippen molar-refractivity contribution >= 4 is 23.9 Å². The largest absolute Gasteiger partial charge is 0.496 e. The van der Waals surface area contributed by atoms with Gasteiger partial charge in [-0.2, -0.15) is 0 Å². The Hall–Kier alpha value is -2.87. The number of hydrogen-bond acceptors (Lipinski definition) is 7. The predicted molar refractivity (Wildman–Crippen MR) is 114 cm³/mol. The molecule has 0 bridgehead atoms. The van der Waals surface area contributed by atoms with Gasteiger partial charge in [0.25, 0.3) is 0 Å². The SMILES string of the molecule is COC(=O)CC[C@H](N[C@@H](/C=C/c1ccccc1OC)C(=O)NC(C)(C)C)C(=O)OC. The van der Waals surface area contributed by atoms with Crippen molar-refractivity contribution in [1.29, 1.82) is 0 Å². The summed E-state index contributed by atoms with van der Waals surface area (Å²) in [4.78, 5) is 36.6. The van der Waals surface area contributed by atoms with Gasteiger partial charge in [0.05, 0.1) is 21.3 Å². The van der Waals surface area contributed by atoms with E-state index in [1.54, 1.807) is 19.3 Å². The van der Waals surface area contributed by atoms with Crippen LogP contribution in [0.15, 0.2) is 30.3 Å². The number of benzene rings is 1. The number of hydrogen-bond donors (Lipinski definition) is 2. The van der Waals surface area contributed by atoms with Crippen LogP contribution in [-0.4, -0.2) is 56.8 Å². The molecule has 0 fully saturated rings. The van der Waals surface area contributed by atoms with Crippen molar-refractivity contribution in [2.24, 2.45) is 0 Å². The van der Waals surface area contributed by atoms with Gasteiger partial charge in [-0.25, -0.2) is 0 Å². The van der Waals surface area contributed by atoms with E-state index < -0.39 is 29.6 Å². The minimum atomic E-state index is -0.868. The Kier molecular flexibility index (Phi) is 10.0. The fourth-order valence-corrected chi connectivity index (χ4v) is 2.66. The van der Waals surface area contributed by atoms with Crippen LogP contribution in [0.3, 0.4) is 0 Å². The normalized spacial score (nSPS) is 13.4. The molecule has 1 rings (SSSR count). The van der Waals surface area contributed by atoms with Crippen LogP contribution in [-0.2, 0) is 23.9 Å². The van der Waals surface area contributed by atoms with Crippen LogP contribution in [0.5, 0.6) is 5.75 Å². The highest BCUT2D eigenvalue weighted by atomic mass is 16.5. The Morgan fingerprint density at radius 2 is 1.73 bits per heavy atom. The second-order valence-corrected chi connectivity index (χ2v) is 7.68. The molecule has 166 valence electrons. The lowest BCUT2D eigenvalue weighted by Gasteiger charge is -2.26. The van der Waals surface area contributed by atoms with Gasteiger partial charge >= 0.3 is 11.9 Å². The van der Waals surface area contributed by atoms with Crippen molar-refractivity contribution in [2.45, 2.75) is 51.2 Å². The summed E-state index contributed by atoms with van der Waals surface area (Å²) in [6.07, 6.45) is 3.52. The highest BCUT2D eigenvalue weighted by Crippen LogP contribution is 2.19. The lowest BCUT2D eigenvalue weighted by molar-refractivity contribution is -0.144. The van der Waals surface area contributed by atoms with E-state index in [-0.39, 0.29) is 18.7 Å². The van der Waals surface area contributed by atoms with E-state index in [0.717, 1.165) is 5.56 Å². The van der Waals surface area contributed by atoms with Gasteiger partial charge in [-0.1, -0.05) is 30.4 Å². The van der Waals surface area contributed by atoms with E-state index >= 15 is 0 Å². The second-order valence-electron chi connectivity index (χ2n) is 7.68. The summed E-state index contributed by atoms with van der Waals surface area (Å²) in [5, 5.41) is 5.89. The molecular weight excluding hydrogens is 388 g/mol. The Morgan fingerprint density at radius 1 is 1.07 bits per heavy atom. The first kappa shape index (κ1) is 25.2. The topological polar surface area (TPSA) is 103 Å². The Morgan fingerprint density at radius 3 is 2.30 bits per heavy atom. The first-order valence-corrected chi connectivity index (χ1v) is 9.65. The summed E-state index contributed by atoms with van der Waals surface area (Å²) < 4.78 is 14.8. The van der Waals surface area contributed by atoms with Crippen LogP contribution < -0.4 is 15.4 Å². The molecule has 1 aromatic rings. The molecule has 2 N–H and O–H groups in total. The fraction of sp³-hybridized carbons (Fsp3) is 0.500. The summed E-state index contributed by atoms with van der Waals surface area (Å²) in [6, 6.07) is 5.64. The first-order chi connectivity index (χ1) is 14.1. The third kappa shape index (κ3) is 8.65. The van der Waals surface area contributed by atoms with E-state index in [1.165, 1.54) is 14.2 Å². The average Bonchev–Trinajstić information content (AvgIpc) is 2.71. The van der Waals surface area contributed by atoms with Crippen molar-refractivity contribution in [1.82, 2.24) is 10.6 Å². The van der Waals surface area contributed by atoms with Gasteiger partial charge in [-0.05, 0) is 33.3 Å². The van der Waals surface area contributed by atoms with Crippen LogP contribution in [0.1, 0.15) is 39.2 Å². The van der Waals surface area contributed by atoms with Crippen molar-refractivity contribution in [3.8, 4) is 5.75 Å². The van der Waals surface area contributed by atoms with Crippen LogP contribution in [0.25, 0.3) is 6.08 Å². The minimum Gasteiger partial charge on any atom is -0.496 e. The van der Waals surface area contributed by atoms with Gasteiger partial charge in [0.1, 0.15) is 17.8 Å². The third-order valence-corrected chi connectivity index (χ3v) is 4.12. The van der Waals surface area contributed by atoms with Gasteiger partial charge < -0.3 is 19.5 Å². The predicted octanol–water partition coefficient (Wildman–Crippen LogP) is 2.08. The van der Waals surface area contributed by atoms with Crippen molar-refractivity contribution in [3.63, 3.8) is 0 Å². The number of rotatable bonds is 10. The molecule has 1 amide bonds. The number of esters is 2. The fourth-order valence-electron chi connectivity index (χ4n) is 2.66. The molecular formula is C22H32N2O6. The lowest BCUT2D eigenvalue weighted by Crippen LogP contribution is -2.54. The number of para-hydroxylation sites is 1. The van der Waals surface area contributed by atoms with Gasteiger partial charge in [-0.3, -0.25) is 19.7 Å². The van der Waals surface area contributed by atoms with Crippen LogP contribution in [0, 0.1) is 0 Å². The number of amides is 1. The van der Waals surface area contributed by atoms with Gasteiger partial charge in [0.15, 0.2) is 0 Å². The molecule has 8 heteroatoms. The molecule has 1 aromatic carbocycles. The summed E-state index contributed by atoms with van der Waals surface area (Å²) >= 11 is 0. The summed E-state index contributed by atoms with van der Waals surface area (Å²) in [6.45, 7) is 5.59. The monoisotopic (exact) mass is 420 g/mol. The molecule has 0 saturated heterocycles. The molecule has 8 nitrogen and oxygen atoms in total. The Bertz CT molecular complexity index is 754. The van der Waals surface area contributed by atoms with Crippen LogP contribution >= 0.6 is 0 Å². The summed E-state index contributed by atoms with van der Waals surface area (Å²) in [5.74, 6) is -0.691. The summed E-state index contributed by atoms with van der Waals surface area (Å²) in [7, 11) is 4.09. The maximum atomic E-state index is 12.9. The molecule has 2 atom stereocenters. The van der Waals surface area contributed by atoms with E-state index in [9.17, 15) is 14.4 Å². The second kappa shape index (κ2) is 12.0. The zero-order valence-corrected chi connectivity index (χ0v) is 18.5. The smallest absolute Gasteiger partial charge is 0.322 e. The number of carbonyl (C=O) groups excluding carboxylic acids is 3. The molecule has 0 aliphatic heterocycles. The Labute approximate surface area is 178 Å². The van der Waals surface area contributed by atoms with Crippen molar-refractivity contribution < 1.29 is 28.6 Å². The molecule has 0 spiro atoms. The number of nitrogens with one attached hydrogen (secondary N) is 2. The zero-order valence-electron chi connectivity index (χ0n) is 18.5. The molecule has 0 aliphatic rings. The zero-order chi connectivity index (χ0) is 22.7.